The molecule has 0 spiro atoms. The van der Waals surface area contributed by atoms with Crippen molar-refractivity contribution in [2.75, 3.05) is 18.0 Å². The lowest BCUT2D eigenvalue weighted by Crippen LogP contribution is -2.42. The number of piperidine rings is 1. The Labute approximate surface area is 116 Å². The lowest BCUT2D eigenvalue weighted by Gasteiger charge is -2.42. The van der Waals surface area contributed by atoms with Crippen molar-refractivity contribution in [1.82, 2.24) is 0 Å². The molecule has 2 heteroatoms. The smallest absolute Gasteiger partial charge is 0.0991 e. The quantitative estimate of drug-likeness (QED) is 0.760. The highest BCUT2D eigenvalue weighted by atomic mass is 15.1. The largest absolute Gasteiger partial charge is 0.371 e. The van der Waals surface area contributed by atoms with Crippen molar-refractivity contribution in [2.45, 2.75) is 39.0 Å². The van der Waals surface area contributed by atoms with E-state index in [-0.39, 0.29) is 0 Å². The van der Waals surface area contributed by atoms with Crippen molar-refractivity contribution >= 4 is 5.69 Å². The number of aryl methyl sites for hydroxylation is 1. The first-order valence-electron chi connectivity index (χ1n) is 7.53. The van der Waals surface area contributed by atoms with Crippen LogP contribution in [-0.2, 0) is 0 Å². The number of hydrogen-bond donors (Lipinski definition) is 0. The summed E-state index contributed by atoms with van der Waals surface area (Å²) in [7, 11) is 0. The maximum Gasteiger partial charge on any atom is 0.0991 e. The zero-order valence-electron chi connectivity index (χ0n) is 11.7. The van der Waals surface area contributed by atoms with Gasteiger partial charge in [-0.2, -0.15) is 5.26 Å². The molecular formula is C17H22N2. The average molecular weight is 254 g/mol. The van der Waals surface area contributed by atoms with Crippen LogP contribution < -0.4 is 4.90 Å². The van der Waals surface area contributed by atoms with E-state index in [4.69, 9.17) is 5.26 Å². The van der Waals surface area contributed by atoms with Gasteiger partial charge in [0.1, 0.15) is 0 Å². The lowest BCUT2D eigenvalue weighted by molar-refractivity contribution is 0.202. The maximum absolute atomic E-state index is 8.95. The Morgan fingerprint density at radius 3 is 2.68 bits per heavy atom. The monoisotopic (exact) mass is 254 g/mol. The number of anilines is 1. The Bertz CT molecular complexity index is 500. The van der Waals surface area contributed by atoms with E-state index in [9.17, 15) is 0 Å². The summed E-state index contributed by atoms with van der Waals surface area (Å²) in [4.78, 5) is 2.54. The topological polar surface area (TPSA) is 27.0 Å². The summed E-state index contributed by atoms with van der Waals surface area (Å²) in [6.45, 7) is 4.54. The number of fused-ring (bicyclic) bond motifs is 1. The van der Waals surface area contributed by atoms with Gasteiger partial charge in [0.2, 0.25) is 0 Å². The molecule has 0 bridgehead atoms. The SMILES string of the molecule is Cc1cc(C#N)ccc1N1CCC2CCCCC2C1. The summed E-state index contributed by atoms with van der Waals surface area (Å²) in [5.41, 5.74) is 3.35. The van der Waals surface area contributed by atoms with Crippen LogP contribution >= 0.6 is 0 Å². The first-order chi connectivity index (χ1) is 9.28. The standard InChI is InChI=1S/C17H22N2/c1-13-10-14(11-18)6-7-17(13)19-9-8-15-4-2-3-5-16(15)12-19/h6-7,10,15-16H,2-5,8-9,12H2,1H3. The van der Waals surface area contributed by atoms with E-state index in [0.29, 0.717) is 0 Å². The van der Waals surface area contributed by atoms with Crippen LogP contribution in [0.2, 0.25) is 0 Å². The lowest BCUT2D eigenvalue weighted by atomic mass is 9.75. The predicted molar refractivity (Wildman–Crippen MR) is 78.2 cm³/mol. The van der Waals surface area contributed by atoms with Gasteiger partial charge in [-0.3, -0.25) is 0 Å². The first-order valence-corrected chi connectivity index (χ1v) is 7.53. The fourth-order valence-electron chi connectivity index (χ4n) is 3.90. The van der Waals surface area contributed by atoms with Crippen molar-refractivity contribution in [2.24, 2.45) is 11.8 Å². The molecule has 2 fully saturated rings. The minimum atomic E-state index is 0.772. The normalized spacial score (nSPS) is 26.6. The second kappa shape index (κ2) is 5.25. The van der Waals surface area contributed by atoms with E-state index in [1.54, 1.807) is 0 Å². The molecule has 2 atom stereocenters. The molecule has 0 amide bonds. The van der Waals surface area contributed by atoms with Crippen molar-refractivity contribution in [3.63, 3.8) is 0 Å². The van der Waals surface area contributed by atoms with Gasteiger partial charge < -0.3 is 4.90 Å². The van der Waals surface area contributed by atoms with Gasteiger partial charge in [0.25, 0.3) is 0 Å². The maximum atomic E-state index is 8.95. The molecule has 100 valence electrons. The second-order valence-corrected chi connectivity index (χ2v) is 6.15. The van der Waals surface area contributed by atoms with E-state index in [2.05, 4.69) is 24.0 Å². The van der Waals surface area contributed by atoms with E-state index >= 15 is 0 Å². The minimum absolute atomic E-state index is 0.772. The van der Waals surface area contributed by atoms with Crippen molar-refractivity contribution in [3.05, 3.63) is 29.3 Å². The minimum Gasteiger partial charge on any atom is -0.371 e. The van der Waals surface area contributed by atoms with Crippen LogP contribution in [0, 0.1) is 30.1 Å². The molecule has 19 heavy (non-hydrogen) atoms. The number of nitriles is 1. The molecule has 0 N–H and O–H groups in total. The highest BCUT2D eigenvalue weighted by Crippen LogP contribution is 2.38. The molecule has 1 aromatic rings. The van der Waals surface area contributed by atoms with E-state index in [1.807, 2.05) is 12.1 Å². The zero-order chi connectivity index (χ0) is 13.2. The number of rotatable bonds is 1. The molecule has 2 aliphatic rings. The van der Waals surface area contributed by atoms with Crippen LogP contribution in [0.5, 0.6) is 0 Å². The average Bonchev–Trinajstić information content (AvgIpc) is 2.46. The molecule has 1 aliphatic carbocycles. The highest BCUT2D eigenvalue weighted by Gasteiger charge is 2.31. The predicted octanol–water partition coefficient (Wildman–Crippen LogP) is 3.88. The Morgan fingerprint density at radius 2 is 1.95 bits per heavy atom. The summed E-state index contributed by atoms with van der Waals surface area (Å²) in [5.74, 6) is 1.88. The van der Waals surface area contributed by atoms with Crippen LogP contribution in [0.3, 0.4) is 0 Å². The van der Waals surface area contributed by atoms with E-state index in [1.165, 1.54) is 56.4 Å². The van der Waals surface area contributed by atoms with Crippen molar-refractivity contribution in [1.29, 1.82) is 5.26 Å². The third kappa shape index (κ3) is 2.47. The molecule has 0 aromatic heterocycles. The Hall–Kier alpha value is -1.49. The fraction of sp³-hybridized carbons (Fsp3) is 0.588. The summed E-state index contributed by atoms with van der Waals surface area (Å²) in [5, 5.41) is 8.95. The van der Waals surface area contributed by atoms with Gasteiger partial charge in [-0.25, -0.2) is 0 Å². The van der Waals surface area contributed by atoms with E-state index in [0.717, 1.165) is 17.4 Å². The number of nitrogens with zero attached hydrogens (tertiary/aromatic N) is 2. The van der Waals surface area contributed by atoms with Crippen molar-refractivity contribution in [3.8, 4) is 6.07 Å². The van der Waals surface area contributed by atoms with Gasteiger partial charge in [-0.1, -0.05) is 19.3 Å². The van der Waals surface area contributed by atoms with Gasteiger partial charge in [-0.05, 0) is 55.4 Å². The summed E-state index contributed by atoms with van der Waals surface area (Å²) < 4.78 is 0. The molecular weight excluding hydrogens is 232 g/mol. The number of benzene rings is 1. The third-order valence-electron chi connectivity index (χ3n) is 4.96. The van der Waals surface area contributed by atoms with Crippen molar-refractivity contribution < 1.29 is 0 Å². The summed E-state index contributed by atoms with van der Waals surface area (Å²) >= 11 is 0. The fourth-order valence-corrected chi connectivity index (χ4v) is 3.90. The Kier molecular flexibility index (Phi) is 3.46. The Balaban J connectivity index is 1.78. The van der Waals surface area contributed by atoms with Gasteiger partial charge in [0.05, 0.1) is 11.6 Å². The van der Waals surface area contributed by atoms with Gasteiger partial charge >= 0.3 is 0 Å². The third-order valence-corrected chi connectivity index (χ3v) is 4.96. The van der Waals surface area contributed by atoms with E-state index < -0.39 is 0 Å². The molecule has 1 saturated carbocycles. The molecule has 1 saturated heterocycles. The van der Waals surface area contributed by atoms with Crippen LogP contribution in [0.1, 0.15) is 43.2 Å². The van der Waals surface area contributed by atoms with Gasteiger partial charge in [0.15, 0.2) is 0 Å². The number of hydrogen-bond acceptors (Lipinski definition) is 2. The molecule has 1 aliphatic heterocycles. The molecule has 2 nitrogen and oxygen atoms in total. The van der Waals surface area contributed by atoms with Crippen LogP contribution in [-0.4, -0.2) is 13.1 Å². The van der Waals surface area contributed by atoms with Gasteiger partial charge in [-0.15, -0.1) is 0 Å². The molecule has 2 unspecified atom stereocenters. The van der Waals surface area contributed by atoms with Crippen LogP contribution in [0.4, 0.5) is 5.69 Å². The van der Waals surface area contributed by atoms with Crippen LogP contribution in [0.15, 0.2) is 18.2 Å². The zero-order valence-corrected chi connectivity index (χ0v) is 11.7. The molecule has 1 heterocycles. The first kappa shape index (κ1) is 12.5. The molecule has 3 rings (SSSR count). The highest BCUT2D eigenvalue weighted by molar-refractivity contribution is 5.56. The van der Waals surface area contributed by atoms with Crippen LogP contribution in [0.25, 0.3) is 0 Å². The van der Waals surface area contributed by atoms with Gasteiger partial charge in [0, 0.05) is 18.8 Å². The summed E-state index contributed by atoms with van der Waals surface area (Å²) in [6, 6.07) is 8.33. The molecule has 1 aromatic carbocycles. The second-order valence-electron chi connectivity index (χ2n) is 6.15. The Morgan fingerprint density at radius 1 is 1.16 bits per heavy atom. The molecule has 0 radical (unpaired) electrons. The summed E-state index contributed by atoms with van der Waals surface area (Å²) in [6.07, 6.45) is 7.07.